The lowest BCUT2D eigenvalue weighted by Gasteiger charge is -2.21. The van der Waals surface area contributed by atoms with E-state index in [-0.39, 0.29) is 0 Å². The van der Waals surface area contributed by atoms with Crippen molar-refractivity contribution in [1.29, 1.82) is 0 Å². The number of nitrogen functional groups attached to an aromatic ring is 2. The summed E-state index contributed by atoms with van der Waals surface area (Å²) in [5, 5.41) is 0. The van der Waals surface area contributed by atoms with Crippen molar-refractivity contribution in [1.82, 2.24) is 0 Å². The molecule has 1 fully saturated rings. The van der Waals surface area contributed by atoms with Crippen LogP contribution in [0.4, 0.5) is 11.4 Å². The van der Waals surface area contributed by atoms with E-state index < -0.39 is 5.41 Å². The van der Waals surface area contributed by atoms with E-state index >= 15 is 0 Å². The zero-order chi connectivity index (χ0) is 10.9. The lowest BCUT2D eigenvalue weighted by Crippen LogP contribution is -2.28. The predicted octanol–water partition coefficient (Wildman–Crippen LogP) is 0.708. The molecular formula is C11H14N2O2. The molecule has 1 saturated heterocycles. The van der Waals surface area contributed by atoms with E-state index in [9.17, 15) is 4.79 Å². The third kappa shape index (κ3) is 1.57. The monoisotopic (exact) mass is 206 g/mol. The summed E-state index contributed by atoms with van der Waals surface area (Å²) in [6.07, 6.45) is 1.66. The second kappa shape index (κ2) is 3.55. The van der Waals surface area contributed by atoms with E-state index in [1.54, 1.807) is 12.1 Å². The van der Waals surface area contributed by atoms with Gasteiger partial charge < -0.3 is 21.0 Å². The van der Waals surface area contributed by atoms with Crippen molar-refractivity contribution in [3.05, 3.63) is 23.8 Å². The van der Waals surface area contributed by atoms with E-state index in [1.807, 2.05) is 6.07 Å². The molecule has 1 aliphatic heterocycles. The minimum atomic E-state index is -0.526. The first-order valence-corrected chi connectivity index (χ1v) is 4.87. The second-order valence-electron chi connectivity index (χ2n) is 3.92. The van der Waals surface area contributed by atoms with Gasteiger partial charge >= 0.3 is 0 Å². The van der Waals surface area contributed by atoms with Crippen molar-refractivity contribution in [3.63, 3.8) is 0 Å². The fourth-order valence-corrected chi connectivity index (χ4v) is 1.85. The Bertz CT molecular complexity index is 384. The van der Waals surface area contributed by atoms with Crippen LogP contribution in [0.5, 0.6) is 0 Å². The van der Waals surface area contributed by atoms with Gasteiger partial charge in [-0.05, 0) is 24.1 Å². The highest BCUT2D eigenvalue weighted by atomic mass is 16.5. The minimum Gasteiger partial charge on any atom is -0.397 e. The number of ether oxygens (including phenoxy) is 1. The molecule has 80 valence electrons. The standard InChI is InChI=1S/C11H14N2O2/c12-9-2-1-8(5-10(9)13)11(6-14)3-4-15-7-11/h1-2,5-6H,3-4,7,12-13H2. The van der Waals surface area contributed by atoms with Gasteiger partial charge in [-0.1, -0.05) is 6.07 Å². The van der Waals surface area contributed by atoms with Gasteiger partial charge in [0.05, 0.1) is 23.4 Å². The summed E-state index contributed by atoms with van der Waals surface area (Å²) in [4.78, 5) is 11.2. The maximum atomic E-state index is 11.2. The van der Waals surface area contributed by atoms with Crippen molar-refractivity contribution >= 4 is 17.7 Å². The van der Waals surface area contributed by atoms with Gasteiger partial charge in [0, 0.05) is 6.61 Å². The topological polar surface area (TPSA) is 78.3 Å². The number of nitrogens with two attached hydrogens (primary N) is 2. The van der Waals surface area contributed by atoms with Gasteiger partial charge in [-0.2, -0.15) is 0 Å². The van der Waals surface area contributed by atoms with Crippen LogP contribution in [0, 0.1) is 0 Å². The highest BCUT2D eigenvalue weighted by Gasteiger charge is 2.36. The maximum Gasteiger partial charge on any atom is 0.132 e. The van der Waals surface area contributed by atoms with Crippen LogP contribution in [0.2, 0.25) is 0 Å². The zero-order valence-corrected chi connectivity index (χ0v) is 8.40. The van der Waals surface area contributed by atoms with Crippen LogP contribution in [0.3, 0.4) is 0 Å². The Kier molecular flexibility index (Phi) is 2.36. The van der Waals surface area contributed by atoms with Crippen molar-refractivity contribution in [2.45, 2.75) is 11.8 Å². The molecule has 0 radical (unpaired) electrons. The molecule has 1 aromatic rings. The average molecular weight is 206 g/mol. The fraction of sp³-hybridized carbons (Fsp3) is 0.364. The normalized spacial score (nSPS) is 25.3. The molecule has 4 heteroatoms. The molecule has 4 N–H and O–H groups in total. The van der Waals surface area contributed by atoms with Gasteiger partial charge in [0.1, 0.15) is 6.29 Å². The minimum absolute atomic E-state index is 0.430. The van der Waals surface area contributed by atoms with Crippen molar-refractivity contribution in [3.8, 4) is 0 Å². The van der Waals surface area contributed by atoms with Crippen LogP contribution >= 0.6 is 0 Å². The summed E-state index contributed by atoms with van der Waals surface area (Å²) in [5.41, 5.74) is 12.8. The number of rotatable bonds is 2. The molecule has 1 atom stereocenters. The molecule has 0 aliphatic carbocycles. The molecule has 1 aromatic carbocycles. The Labute approximate surface area is 88.2 Å². The van der Waals surface area contributed by atoms with Crippen LogP contribution in [0.1, 0.15) is 12.0 Å². The van der Waals surface area contributed by atoms with Crippen LogP contribution in [-0.4, -0.2) is 19.5 Å². The first-order chi connectivity index (χ1) is 7.18. The maximum absolute atomic E-state index is 11.2. The number of carbonyl (C=O) groups is 1. The molecule has 0 saturated carbocycles. The second-order valence-corrected chi connectivity index (χ2v) is 3.92. The van der Waals surface area contributed by atoms with Gasteiger partial charge in [0.25, 0.3) is 0 Å². The van der Waals surface area contributed by atoms with Crippen LogP contribution in [0.15, 0.2) is 18.2 Å². The van der Waals surface area contributed by atoms with Gasteiger partial charge in [0.15, 0.2) is 0 Å². The molecule has 1 unspecified atom stereocenters. The van der Waals surface area contributed by atoms with Crippen LogP contribution in [-0.2, 0) is 14.9 Å². The van der Waals surface area contributed by atoms with Crippen molar-refractivity contribution < 1.29 is 9.53 Å². The Balaban J connectivity index is 2.43. The fourth-order valence-electron chi connectivity index (χ4n) is 1.85. The van der Waals surface area contributed by atoms with Gasteiger partial charge in [0.2, 0.25) is 0 Å². The number of benzene rings is 1. The summed E-state index contributed by atoms with van der Waals surface area (Å²) in [5.74, 6) is 0. The Morgan fingerprint density at radius 1 is 1.33 bits per heavy atom. The number of hydrogen-bond acceptors (Lipinski definition) is 4. The van der Waals surface area contributed by atoms with E-state index in [4.69, 9.17) is 16.2 Å². The molecule has 0 bridgehead atoms. The molecule has 0 spiro atoms. The largest absolute Gasteiger partial charge is 0.397 e. The zero-order valence-electron chi connectivity index (χ0n) is 8.40. The summed E-state index contributed by atoms with van der Waals surface area (Å²) >= 11 is 0. The summed E-state index contributed by atoms with van der Waals surface area (Å²) in [6, 6.07) is 5.33. The first-order valence-electron chi connectivity index (χ1n) is 4.87. The third-order valence-electron chi connectivity index (χ3n) is 2.94. The third-order valence-corrected chi connectivity index (χ3v) is 2.94. The van der Waals surface area contributed by atoms with Crippen LogP contribution in [0.25, 0.3) is 0 Å². The first kappa shape index (κ1) is 9.98. The highest BCUT2D eigenvalue weighted by Crippen LogP contribution is 2.33. The molecule has 2 rings (SSSR count). The quantitative estimate of drug-likeness (QED) is 0.551. The van der Waals surface area contributed by atoms with E-state index in [0.717, 1.165) is 11.8 Å². The molecular weight excluding hydrogens is 192 g/mol. The SMILES string of the molecule is Nc1ccc(C2(C=O)CCOC2)cc1N. The lowest BCUT2D eigenvalue weighted by atomic mass is 9.81. The highest BCUT2D eigenvalue weighted by molar-refractivity contribution is 5.73. The van der Waals surface area contributed by atoms with Crippen LogP contribution < -0.4 is 11.5 Å². The van der Waals surface area contributed by atoms with Gasteiger partial charge in [-0.15, -0.1) is 0 Å². The molecule has 15 heavy (non-hydrogen) atoms. The number of aldehydes is 1. The molecule has 4 nitrogen and oxygen atoms in total. The number of hydrogen-bond donors (Lipinski definition) is 2. The van der Waals surface area contributed by atoms with Gasteiger partial charge in [-0.25, -0.2) is 0 Å². The Morgan fingerprint density at radius 3 is 2.67 bits per heavy atom. The molecule has 0 amide bonds. The molecule has 1 aliphatic rings. The predicted molar refractivity (Wildman–Crippen MR) is 58.4 cm³/mol. The Morgan fingerprint density at radius 2 is 2.13 bits per heavy atom. The van der Waals surface area contributed by atoms with Crippen molar-refractivity contribution in [2.24, 2.45) is 0 Å². The summed E-state index contributed by atoms with van der Waals surface area (Å²) in [7, 11) is 0. The van der Waals surface area contributed by atoms with E-state index in [2.05, 4.69) is 0 Å². The Hall–Kier alpha value is -1.55. The molecule has 0 aromatic heterocycles. The number of anilines is 2. The average Bonchev–Trinajstić information content (AvgIpc) is 2.72. The lowest BCUT2D eigenvalue weighted by molar-refractivity contribution is -0.112. The number of carbonyl (C=O) groups excluding carboxylic acids is 1. The molecule has 1 heterocycles. The summed E-state index contributed by atoms with van der Waals surface area (Å²) < 4.78 is 5.27. The van der Waals surface area contributed by atoms with Crippen molar-refractivity contribution in [2.75, 3.05) is 24.7 Å². The summed E-state index contributed by atoms with van der Waals surface area (Å²) in [6.45, 7) is 1.04. The smallest absolute Gasteiger partial charge is 0.132 e. The van der Waals surface area contributed by atoms with E-state index in [1.165, 1.54) is 0 Å². The van der Waals surface area contributed by atoms with E-state index in [0.29, 0.717) is 31.0 Å². The van der Waals surface area contributed by atoms with Gasteiger partial charge in [-0.3, -0.25) is 0 Å².